The molecule has 2 aliphatic rings. The predicted octanol–water partition coefficient (Wildman–Crippen LogP) is 0.202. The van der Waals surface area contributed by atoms with E-state index in [1.165, 1.54) is 32.4 Å². The van der Waals surface area contributed by atoms with Gasteiger partial charge in [0.1, 0.15) is 0 Å². The lowest BCUT2D eigenvalue weighted by Crippen LogP contribution is -2.30. The Bertz CT molecular complexity index is 69.0. The molecular weight excluding hydrogens is 190 g/mol. The van der Waals surface area contributed by atoms with E-state index in [1.807, 2.05) is 14.1 Å². The molecule has 2 heterocycles. The van der Waals surface area contributed by atoms with Crippen molar-refractivity contribution in [1.29, 1.82) is 0 Å². The van der Waals surface area contributed by atoms with Gasteiger partial charge in [-0.25, -0.2) is 0 Å². The molecule has 15 heavy (non-hydrogen) atoms. The van der Waals surface area contributed by atoms with Gasteiger partial charge >= 0.3 is 0 Å². The van der Waals surface area contributed by atoms with Crippen molar-refractivity contribution in [2.75, 3.05) is 53.5 Å². The summed E-state index contributed by atoms with van der Waals surface area (Å²) in [6.45, 7) is 6.33. The highest BCUT2D eigenvalue weighted by molar-refractivity contribution is 4.55. The van der Waals surface area contributed by atoms with Crippen LogP contribution in [0.4, 0.5) is 0 Å². The molecule has 2 fully saturated rings. The molecule has 0 atom stereocenters. The average Bonchev–Trinajstić information content (AvgIpc) is 2.35. The van der Waals surface area contributed by atoms with Crippen molar-refractivity contribution >= 4 is 0 Å². The lowest BCUT2D eigenvalue weighted by molar-refractivity contribution is 0.109. The number of hydrogen-bond acceptors (Lipinski definition) is 4. The molecule has 0 radical (unpaired) electrons. The van der Waals surface area contributed by atoms with Gasteiger partial charge in [0.25, 0.3) is 0 Å². The molecule has 0 aromatic heterocycles. The number of piperidine rings is 1. The SMILES string of the molecule is C1CCNCC1.C1COCCN1.CNC. The quantitative estimate of drug-likeness (QED) is 0.542. The van der Waals surface area contributed by atoms with E-state index in [0.29, 0.717) is 0 Å². The first-order valence-electron chi connectivity index (χ1n) is 5.99. The maximum absolute atomic E-state index is 5.01. The van der Waals surface area contributed by atoms with Crippen molar-refractivity contribution in [2.45, 2.75) is 19.3 Å². The fourth-order valence-corrected chi connectivity index (χ4v) is 1.32. The molecule has 0 unspecified atom stereocenters. The summed E-state index contributed by atoms with van der Waals surface area (Å²) in [6, 6.07) is 0. The Morgan fingerprint density at radius 2 is 1.27 bits per heavy atom. The summed E-state index contributed by atoms with van der Waals surface area (Å²) in [6.07, 6.45) is 4.22. The number of rotatable bonds is 0. The molecule has 4 nitrogen and oxygen atoms in total. The van der Waals surface area contributed by atoms with Gasteiger partial charge in [-0.2, -0.15) is 0 Å². The van der Waals surface area contributed by atoms with Crippen LogP contribution in [-0.4, -0.2) is 53.5 Å². The van der Waals surface area contributed by atoms with Crippen molar-refractivity contribution in [2.24, 2.45) is 0 Å². The Morgan fingerprint density at radius 1 is 0.800 bits per heavy atom. The second kappa shape index (κ2) is 13.8. The van der Waals surface area contributed by atoms with E-state index < -0.39 is 0 Å². The summed E-state index contributed by atoms with van der Waals surface area (Å²) in [5.74, 6) is 0. The molecule has 92 valence electrons. The largest absolute Gasteiger partial charge is 0.379 e. The summed E-state index contributed by atoms with van der Waals surface area (Å²) in [7, 11) is 3.75. The average molecular weight is 217 g/mol. The lowest BCUT2D eigenvalue weighted by atomic mass is 10.2. The molecular formula is C11H27N3O. The molecule has 0 saturated carbocycles. The van der Waals surface area contributed by atoms with Crippen LogP contribution in [0.1, 0.15) is 19.3 Å². The van der Waals surface area contributed by atoms with Crippen LogP contribution in [0.2, 0.25) is 0 Å². The highest BCUT2D eigenvalue weighted by Crippen LogP contribution is 1.96. The molecule has 0 aromatic rings. The second-order valence-corrected chi connectivity index (χ2v) is 3.67. The normalized spacial score (nSPS) is 20.4. The van der Waals surface area contributed by atoms with Gasteiger partial charge in [0.2, 0.25) is 0 Å². The van der Waals surface area contributed by atoms with E-state index in [4.69, 9.17) is 4.74 Å². The maximum Gasteiger partial charge on any atom is 0.0591 e. The standard InChI is InChI=1S/C5H11N.C4H9NO.C2H7N/c1-2-4-6-5-3-1;1-3-6-4-2-5-1;1-3-2/h6H,1-5H2;5H,1-4H2;3H,1-2H3. The molecule has 0 amide bonds. The Labute approximate surface area is 94.2 Å². The molecule has 3 N–H and O–H groups in total. The van der Waals surface area contributed by atoms with Crippen molar-refractivity contribution in [3.05, 3.63) is 0 Å². The van der Waals surface area contributed by atoms with Crippen molar-refractivity contribution in [3.63, 3.8) is 0 Å². The molecule has 0 bridgehead atoms. The zero-order valence-electron chi connectivity index (χ0n) is 10.3. The van der Waals surface area contributed by atoms with Crippen molar-refractivity contribution < 1.29 is 4.74 Å². The molecule has 2 saturated heterocycles. The lowest BCUT2D eigenvalue weighted by Gasteiger charge is -2.10. The first-order chi connectivity index (χ1) is 7.41. The van der Waals surface area contributed by atoms with Gasteiger partial charge in [-0.3, -0.25) is 0 Å². The zero-order valence-corrected chi connectivity index (χ0v) is 10.3. The highest BCUT2D eigenvalue weighted by Gasteiger charge is 1.94. The van der Waals surface area contributed by atoms with Crippen LogP contribution in [0.15, 0.2) is 0 Å². The van der Waals surface area contributed by atoms with Gasteiger partial charge in [0, 0.05) is 13.1 Å². The third-order valence-corrected chi connectivity index (χ3v) is 2.05. The van der Waals surface area contributed by atoms with E-state index in [2.05, 4.69) is 16.0 Å². The van der Waals surface area contributed by atoms with Crippen LogP contribution in [0, 0.1) is 0 Å². The van der Waals surface area contributed by atoms with E-state index in [-0.39, 0.29) is 0 Å². The number of ether oxygens (including phenoxy) is 1. The fraction of sp³-hybridized carbons (Fsp3) is 1.00. The summed E-state index contributed by atoms with van der Waals surface area (Å²) in [4.78, 5) is 0. The van der Waals surface area contributed by atoms with Crippen LogP contribution in [0.5, 0.6) is 0 Å². The summed E-state index contributed by atoms with van der Waals surface area (Å²) in [5, 5.41) is 9.19. The molecule has 0 aliphatic carbocycles. The first-order valence-corrected chi connectivity index (χ1v) is 5.99. The second-order valence-electron chi connectivity index (χ2n) is 3.67. The fourth-order valence-electron chi connectivity index (χ4n) is 1.32. The third kappa shape index (κ3) is 13.8. The summed E-state index contributed by atoms with van der Waals surface area (Å²) < 4.78 is 5.01. The van der Waals surface area contributed by atoms with Gasteiger partial charge in [-0.15, -0.1) is 0 Å². The van der Waals surface area contributed by atoms with E-state index in [9.17, 15) is 0 Å². The number of morpholine rings is 1. The smallest absolute Gasteiger partial charge is 0.0591 e. The van der Waals surface area contributed by atoms with Gasteiger partial charge in [0.05, 0.1) is 13.2 Å². The van der Waals surface area contributed by atoms with Crippen LogP contribution in [0.3, 0.4) is 0 Å². The van der Waals surface area contributed by atoms with Crippen molar-refractivity contribution in [1.82, 2.24) is 16.0 Å². The zero-order chi connectivity index (χ0) is 11.2. The Kier molecular flexibility index (Phi) is 13.7. The van der Waals surface area contributed by atoms with Gasteiger partial charge in [-0.05, 0) is 40.0 Å². The Morgan fingerprint density at radius 3 is 1.40 bits per heavy atom. The maximum atomic E-state index is 5.01. The number of hydrogen-bond donors (Lipinski definition) is 3. The monoisotopic (exact) mass is 217 g/mol. The molecule has 4 heteroatoms. The Balaban J connectivity index is 0.000000210. The minimum absolute atomic E-state index is 0.889. The summed E-state index contributed by atoms with van der Waals surface area (Å²) in [5.41, 5.74) is 0. The van der Waals surface area contributed by atoms with Gasteiger partial charge in [0.15, 0.2) is 0 Å². The molecule has 2 rings (SSSR count). The van der Waals surface area contributed by atoms with Crippen LogP contribution in [0.25, 0.3) is 0 Å². The Hall–Kier alpha value is -0.160. The first kappa shape index (κ1) is 14.8. The minimum Gasteiger partial charge on any atom is -0.379 e. The minimum atomic E-state index is 0.889. The van der Waals surface area contributed by atoms with Gasteiger partial charge in [-0.1, -0.05) is 6.42 Å². The molecule has 0 aromatic carbocycles. The third-order valence-electron chi connectivity index (χ3n) is 2.05. The molecule has 0 spiro atoms. The topological polar surface area (TPSA) is 45.3 Å². The van der Waals surface area contributed by atoms with Crippen LogP contribution >= 0.6 is 0 Å². The number of nitrogens with one attached hydrogen (secondary N) is 3. The summed E-state index contributed by atoms with van der Waals surface area (Å²) >= 11 is 0. The van der Waals surface area contributed by atoms with Crippen LogP contribution < -0.4 is 16.0 Å². The van der Waals surface area contributed by atoms with E-state index in [0.717, 1.165) is 26.3 Å². The van der Waals surface area contributed by atoms with E-state index >= 15 is 0 Å². The predicted molar refractivity (Wildman–Crippen MR) is 65.4 cm³/mol. The highest BCUT2D eigenvalue weighted by atomic mass is 16.5. The molecule has 2 aliphatic heterocycles. The van der Waals surface area contributed by atoms with Gasteiger partial charge < -0.3 is 20.7 Å². The van der Waals surface area contributed by atoms with Crippen LogP contribution in [-0.2, 0) is 4.74 Å². The van der Waals surface area contributed by atoms with Crippen molar-refractivity contribution in [3.8, 4) is 0 Å². The van der Waals surface area contributed by atoms with E-state index in [1.54, 1.807) is 0 Å².